The maximum atomic E-state index is 3.06. The smallest absolute Gasteiger partial charge is 0.147 e. The summed E-state index contributed by atoms with van der Waals surface area (Å²) in [5.41, 5.74) is 20.6. The topological polar surface area (TPSA) is 0 Å². The van der Waals surface area contributed by atoms with Gasteiger partial charge in [0.2, 0.25) is 0 Å². The Kier molecular flexibility index (Phi) is 14.7. The van der Waals surface area contributed by atoms with Gasteiger partial charge in [-0.3, -0.25) is 0 Å². The van der Waals surface area contributed by atoms with Crippen molar-refractivity contribution in [3.05, 3.63) is 129 Å². The van der Waals surface area contributed by atoms with Crippen LogP contribution in [0.25, 0.3) is 34.4 Å². The summed E-state index contributed by atoms with van der Waals surface area (Å²) in [6, 6.07) is 36.3. The Morgan fingerprint density at radius 2 is 0.797 bits per heavy atom. The zero-order valence-electron chi connectivity index (χ0n) is 45.8. The molecule has 4 aromatic rings. The molecular formula is C70H92Cl2SiZr. The molecule has 2 atom stereocenters. The van der Waals surface area contributed by atoms with Crippen LogP contribution in [0.2, 0.25) is 8.76 Å². The standard InChI is InChI=1S/2C33H39.C3H7.CH3.2ClH.H2Si.Zr/c2*1-2-4-7-23(6-3-1)14-24-18-29-8-5-9-31(32(29)19-24)28-10-12-30(13-11-28)33-20-25-15-26(21-33)17-27(16-25)22-33;1-3-2;;;;;/h2*5,8-13,18-19,23,25-27H,1-4,6-7,14-17,20-22H2;1,3H2,2H3;1H3;2*1H;1H2;. The Hall–Kier alpha value is -1.96. The third-order valence-corrected chi connectivity index (χ3v) is 47.2. The van der Waals surface area contributed by atoms with E-state index in [0.717, 1.165) is 47.3 Å². The fourth-order valence-electron chi connectivity index (χ4n) is 21.7. The zero-order chi connectivity index (χ0) is 48.3. The molecule has 74 heavy (non-hydrogen) atoms. The molecule has 0 N–H and O–H groups in total. The van der Waals surface area contributed by atoms with Crippen molar-refractivity contribution in [3.63, 3.8) is 0 Å². The van der Waals surface area contributed by atoms with Crippen LogP contribution in [0, 0.1) is 47.3 Å². The van der Waals surface area contributed by atoms with Crippen LogP contribution in [-0.2, 0) is 28.2 Å². The fraction of sp³-hybridized carbons (Fsp3) is 0.600. The average Bonchev–Trinajstić information content (AvgIpc) is 3.68. The molecule has 12 aliphatic rings. The summed E-state index contributed by atoms with van der Waals surface area (Å²) in [5, 5.41) is 0. The van der Waals surface area contributed by atoms with Gasteiger partial charge in [-0.05, 0) is 0 Å². The van der Waals surface area contributed by atoms with E-state index in [4.69, 9.17) is 0 Å². The SMILES string of the molecule is CC[CH2][Zr]([CH3])(=[SiH2])([CH]1C(CC2CCCCCC2)=Cc2c(-c3ccc(C45CC6CC(CC(C6)C4)C5)cc3)cccc21)[CH]1C(CC2CCCCCC2)=Cc2c(-c3ccc(C45CC6CC(CC(C6)C4)C5)cc3)cccc21.Cl.Cl. The van der Waals surface area contributed by atoms with Crippen molar-refractivity contribution < 1.29 is 17.4 Å². The third kappa shape index (κ3) is 9.15. The molecule has 10 fully saturated rings. The Morgan fingerprint density at radius 1 is 0.459 bits per heavy atom. The minimum absolute atomic E-state index is 0. The second kappa shape index (κ2) is 20.6. The van der Waals surface area contributed by atoms with Gasteiger partial charge in [-0.15, -0.1) is 24.8 Å². The number of hydrogen-bond acceptors (Lipinski definition) is 0. The molecule has 0 spiro atoms. The van der Waals surface area contributed by atoms with Gasteiger partial charge in [0.05, 0.1) is 0 Å². The van der Waals surface area contributed by atoms with Crippen molar-refractivity contribution in [1.29, 1.82) is 0 Å². The van der Waals surface area contributed by atoms with Crippen molar-refractivity contribution in [2.75, 3.05) is 0 Å². The molecule has 0 amide bonds. The summed E-state index contributed by atoms with van der Waals surface area (Å²) in [6.07, 6.45) is 44.7. The first-order chi connectivity index (χ1) is 35.1. The molecule has 2 unspecified atom stereocenters. The summed E-state index contributed by atoms with van der Waals surface area (Å²) >= 11 is -4.06. The molecule has 0 heterocycles. The normalized spacial score (nSPS) is 33.2. The fourth-order valence-corrected chi connectivity index (χ4v) is 47.5. The molecular weight excluding hydrogens is 1030 g/mol. The minimum Gasteiger partial charge on any atom is -0.147 e. The molecule has 10 saturated carbocycles. The molecule has 16 rings (SSSR count). The number of rotatable bonds is 12. The van der Waals surface area contributed by atoms with Crippen LogP contribution >= 0.6 is 24.8 Å². The predicted molar refractivity (Wildman–Crippen MR) is 321 cm³/mol. The van der Waals surface area contributed by atoms with Crippen LogP contribution in [-0.4, -0.2) is 6.88 Å². The predicted octanol–water partition coefficient (Wildman–Crippen LogP) is 20.2. The number of halogens is 2. The van der Waals surface area contributed by atoms with E-state index < -0.39 is 17.4 Å². The summed E-state index contributed by atoms with van der Waals surface area (Å²) in [6.45, 7) is 5.28. The second-order valence-electron chi connectivity index (χ2n) is 28.9. The first-order valence-corrected chi connectivity index (χ1v) is 44.0. The summed E-state index contributed by atoms with van der Waals surface area (Å²) in [7, 11) is 0. The largest absolute Gasteiger partial charge is 0.147 e. The number of benzene rings is 4. The van der Waals surface area contributed by atoms with E-state index in [9.17, 15) is 0 Å². The Morgan fingerprint density at radius 3 is 1.12 bits per heavy atom. The van der Waals surface area contributed by atoms with Crippen LogP contribution < -0.4 is 0 Å². The van der Waals surface area contributed by atoms with Crippen molar-refractivity contribution >= 4 is 43.8 Å². The molecule has 394 valence electrons. The van der Waals surface area contributed by atoms with Crippen LogP contribution in [0.5, 0.6) is 0 Å². The second-order valence-corrected chi connectivity index (χ2v) is 57.3. The number of hydrogen-bond donors (Lipinski definition) is 0. The zero-order valence-corrected chi connectivity index (χ0v) is 51.3. The Bertz CT molecular complexity index is 2580. The van der Waals surface area contributed by atoms with Gasteiger partial charge >= 0.3 is 443 Å². The molecule has 8 bridgehead atoms. The van der Waals surface area contributed by atoms with E-state index in [0.29, 0.717) is 18.1 Å². The summed E-state index contributed by atoms with van der Waals surface area (Å²) in [5.74, 6) is 7.55. The van der Waals surface area contributed by atoms with Gasteiger partial charge in [0.15, 0.2) is 0 Å². The maximum absolute atomic E-state index is 4.06. The van der Waals surface area contributed by atoms with E-state index in [-0.39, 0.29) is 24.8 Å². The van der Waals surface area contributed by atoms with Crippen LogP contribution in [0.4, 0.5) is 0 Å². The Balaban J connectivity index is 0.00000278. The monoisotopic (exact) mass is 1120 g/mol. The van der Waals surface area contributed by atoms with Crippen molar-refractivity contribution in [3.8, 4) is 22.3 Å². The molecule has 4 aromatic carbocycles. The van der Waals surface area contributed by atoms with E-state index in [1.54, 1.807) is 33.4 Å². The van der Waals surface area contributed by atoms with Gasteiger partial charge in [0.1, 0.15) is 0 Å². The van der Waals surface area contributed by atoms with Gasteiger partial charge < -0.3 is 0 Å². The molecule has 12 aliphatic carbocycles. The molecule has 0 nitrogen and oxygen atoms in total. The van der Waals surface area contributed by atoms with Crippen molar-refractivity contribution in [2.45, 2.75) is 207 Å². The number of allylic oxidation sites excluding steroid dienone is 2. The Labute approximate surface area is 463 Å². The molecule has 0 saturated heterocycles. The van der Waals surface area contributed by atoms with Gasteiger partial charge in [-0.1, -0.05) is 0 Å². The third-order valence-electron chi connectivity index (χ3n) is 23.7. The quantitative estimate of drug-likeness (QED) is 0.0980. The van der Waals surface area contributed by atoms with E-state index in [2.05, 4.69) is 116 Å². The molecule has 0 aromatic heterocycles. The van der Waals surface area contributed by atoms with Crippen LogP contribution in [0.15, 0.2) is 96.1 Å². The van der Waals surface area contributed by atoms with Crippen LogP contribution in [0.3, 0.4) is 0 Å². The number of fused-ring (bicyclic) bond motifs is 2. The van der Waals surface area contributed by atoms with Gasteiger partial charge in [-0.25, -0.2) is 0 Å². The van der Waals surface area contributed by atoms with Crippen molar-refractivity contribution in [2.24, 2.45) is 47.3 Å². The van der Waals surface area contributed by atoms with Gasteiger partial charge in [-0.2, -0.15) is 0 Å². The van der Waals surface area contributed by atoms with Crippen LogP contribution in [0.1, 0.15) is 221 Å². The van der Waals surface area contributed by atoms with Gasteiger partial charge in [0.25, 0.3) is 0 Å². The summed E-state index contributed by atoms with van der Waals surface area (Å²) < 4.78 is 5.67. The first-order valence-electron chi connectivity index (χ1n) is 31.1. The van der Waals surface area contributed by atoms with Gasteiger partial charge in [0, 0.05) is 0 Å². The molecule has 0 aliphatic heterocycles. The maximum Gasteiger partial charge on any atom is -0.147 e. The van der Waals surface area contributed by atoms with Crippen molar-refractivity contribution in [1.82, 2.24) is 0 Å². The van der Waals surface area contributed by atoms with E-state index in [1.165, 1.54) is 200 Å². The minimum atomic E-state index is -4.06. The molecule has 0 radical (unpaired) electrons. The van der Waals surface area contributed by atoms with E-state index >= 15 is 0 Å². The first kappa shape index (κ1) is 52.7. The average molecular weight is 1120 g/mol. The summed E-state index contributed by atoms with van der Waals surface area (Å²) in [4.78, 5) is 0. The van der Waals surface area contributed by atoms with E-state index in [1.807, 2.05) is 11.1 Å². The molecule has 4 heteroatoms.